The number of carboxylic acids is 1. The van der Waals surface area contributed by atoms with Gasteiger partial charge in [0.05, 0.1) is 29.2 Å². The lowest BCUT2D eigenvalue weighted by atomic mass is 9.89. The Kier molecular flexibility index (Phi) is 8.33. The summed E-state index contributed by atoms with van der Waals surface area (Å²) in [4.78, 5) is 24.6. The van der Waals surface area contributed by atoms with Crippen molar-refractivity contribution in [2.75, 3.05) is 29.6 Å². The van der Waals surface area contributed by atoms with E-state index in [1.807, 2.05) is 18.2 Å². The molecule has 0 aliphatic heterocycles. The average molecular weight is 508 g/mol. The van der Waals surface area contributed by atoms with Gasteiger partial charge in [0.2, 0.25) is 0 Å². The Morgan fingerprint density at radius 1 is 0.917 bits per heavy atom. The number of anilines is 3. The molecule has 0 aromatic heterocycles. The third-order valence-electron chi connectivity index (χ3n) is 6.46. The molecule has 36 heavy (non-hydrogen) atoms. The summed E-state index contributed by atoms with van der Waals surface area (Å²) in [5.74, 6) is -0.186. The van der Waals surface area contributed by atoms with E-state index in [0.717, 1.165) is 17.8 Å². The van der Waals surface area contributed by atoms with Crippen molar-refractivity contribution in [3.63, 3.8) is 0 Å². The molecule has 188 valence electrons. The number of carbonyl (C=O) groups excluding carboxylic acids is 1. The number of aromatic carboxylic acids is 1. The molecule has 3 aromatic rings. The van der Waals surface area contributed by atoms with E-state index in [-0.39, 0.29) is 11.3 Å². The minimum atomic E-state index is -1.07. The van der Waals surface area contributed by atoms with Gasteiger partial charge in [0.1, 0.15) is 11.3 Å². The maximum atomic E-state index is 12.9. The third-order valence-corrected chi connectivity index (χ3v) is 6.79. The predicted octanol–water partition coefficient (Wildman–Crippen LogP) is 7.35. The van der Waals surface area contributed by atoms with Gasteiger partial charge in [-0.25, -0.2) is 9.59 Å². The average Bonchev–Trinajstić information content (AvgIpc) is 2.89. The Morgan fingerprint density at radius 2 is 1.61 bits per heavy atom. The van der Waals surface area contributed by atoms with Crippen LogP contribution in [0.4, 0.5) is 21.9 Å². The normalized spacial score (nSPS) is 13.6. The Labute approximate surface area is 215 Å². The second kappa shape index (κ2) is 11.8. The fourth-order valence-electron chi connectivity index (χ4n) is 4.52. The van der Waals surface area contributed by atoms with E-state index in [9.17, 15) is 14.7 Å². The topological polar surface area (TPSA) is 99.7 Å². The van der Waals surface area contributed by atoms with E-state index < -0.39 is 12.0 Å². The Hall–Kier alpha value is -3.71. The zero-order valence-electron chi connectivity index (χ0n) is 20.1. The highest BCUT2D eigenvalue weighted by molar-refractivity contribution is 6.33. The largest absolute Gasteiger partial charge is 0.496 e. The molecule has 0 atom stereocenters. The van der Waals surface area contributed by atoms with E-state index in [4.69, 9.17) is 16.3 Å². The highest BCUT2D eigenvalue weighted by Crippen LogP contribution is 2.33. The molecule has 0 unspecified atom stereocenters. The van der Waals surface area contributed by atoms with Gasteiger partial charge >= 0.3 is 12.0 Å². The maximum Gasteiger partial charge on any atom is 0.339 e. The summed E-state index contributed by atoms with van der Waals surface area (Å²) in [5.41, 5.74) is 3.41. The van der Waals surface area contributed by atoms with Crippen molar-refractivity contribution < 1.29 is 19.4 Å². The lowest BCUT2D eigenvalue weighted by Gasteiger charge is -2.23. The molecule has 4 N–H and O–H groups in total. The summed E-state index contributed by atoms with van der Waals surface area (Å²) in [7, 11) is 1.44. The Morgan fingerprint density at radius 3 is 2.33 bits per heavy atom. The smallest absolute Gasteiger partial charge is 0.339 e. The molecule has 1 fully saturated rings. The number of hydrogen-bond donors (Lipinski definition) is 4. The van der Waals surface area contributed by atoms with Gasteiger partial charge in [-0.15, -0.1) is 0 Å². The van der Waals surface area contributed by atoms with Gasteiger partial charge < -0.3 is 25.8 Å². The fraction of sp³-hybridized carbons (Fsp3) is 0.286. The number of methoxy groups -OCH3 is 1. The molecule has 2 amide bonds. The highest BCUT2D eigenvalue weighted by Gasteiger charge is 2.17. The van der Waals surface area contributed by atoms with Crippen molar-refractivity contribution in [2.24, 2.45) is 5.92 Å². The molecule has 1 aliphatic rings. The first-order valence-electron chi connectivity index (χ1n) is 12.1. The van der Waals surface area contributed by atoms with Crippen molar-refractivity contribution >= 4 is 40.7 Å². The molecule has 8 heteroatoms. The van der Waals surface area contributed by atoms with E-state index in [1.165, 1.54) is 39.2 Å². The van der Waals surface area contributed by atoms with Crippen LogP contribution in [-0.2, 0) is 0 Å². The minimum absolute atomic E-state index is 0.0699. The molecular formula is C28H30ClN3O4. The van der Waals surface area contributed by atoms with E-state index in [1.54, 1.807) is 42.5 Å². The SMILES string of the molecule is COc1ccc(-c2ccc(NCC3CCCCC3)c(NC(=O)Nc3ccccc3Cl)c2)cc1C(=O)O. The van der Waals surface area contributed by atoms with Crippen LogP contribution < -0.4 is 20.7 Å². The Balaban J connectivity index is 1.61. The molecule has 7 nitrogen and oxygen atoms in total. The number of carboxylic acid groups (broad SMARTS) is 1. The summed E-state index contributed by atoms with van der Waals surface area (Å²) in [6.45, 7) is 0.825. The van der Waals surface area contributed by atoms with Crippen LogP contribution in [0.2, 0.25) is 5.02 Å². The molecule has 0 heterocycles. The van der Waals surface area contributed by atoms with Crippen LogP contribution in [0.3, 0.4) is 0 Å². The van der Waals surface area contributed by atoms with Gasteiger partial charge in [-0.3, -0.25) is 0 Å². The van der Waals surface area contributed by atoms with Gasteiger partial charge in [0, 0.05) is 6.54 Å². The molecule has 0 bridgehead atoms. The summed E-state index contributed by atoms with van der Waals surface area (Å²) in [6.07, 6.45) is 6.19. The number of benzene rings is 3. The second-order valence-corrected chi connectivity index (χ2v) is 9.33. The molecule has 3 aromatic carbocycles. The van der Waals surface area contributed by atoms with Crippen molar-refractivity contribution in [3.05, 3.63) is 71.2 Å². The molecule has 1 aliphatic carbocycles. The van der Waals surface area contributed by atoms with Crippen LogP contribution in [0.15, 0.2) is 60.7 Å². The molecule has 1 saturated carbocycles. The highest BCUT2D eigenvalue weighted by atomic mass is 35.5. The maximum absolute atomic E-state index is 12.9. The van der Waals surface area contributed by atoms with Crippen LogP contribution in [0.25, 0.3) is 11.1 Å². The number of urea groups is 1. The molecule has 4 rings (SSSR count). The third kappa shape index (κ3) is 6.29. The van der Waals surface area contributed by atoms with Crippen LogP contribution in [0, 0.1) is 5.92 Å². The van der Waals surface area contributed by atoms with Crippen LogP contribution >= 0.6 is 11.6 Å². The first-order chi connectivity index (χ1) is 17.4. The van der Waals surface area contributed by atoms with Crippen LogP contribution in [0.1, 0.15) is 42.5 Å². The second-order valence-electron chi connectivity index (χ2n) is 8.92. The Bertz CT molecular complexity index is 1240. The van der Waals surface area contributed by atoms with Gasteiger partial charge in [-0.1, -0.05) is 55.1 Å². The zero-order chi connectivity index (χ0) is 25.5. The van der Waals surface area contributed by atoms with Gasteiger partial charge in [0.15, 0.2) is 0 Å². The predicted molar refractivity (Wildman–Crippen MR) is 145 cm³/mol. The fourth-order valence-corrected chi connectivity index (χ4v) is 4.70. The summed E-state index contributed by atoms with van der Waals surface area (Å²) in [6, 6.07) is 17.2. The van der Waals surface area contributed by atoms with Crippen molar-refractivity contribution in [1.29, 1.82) is 0 Å². The van der Waals surface area contributed by atoms with Gasteiger partial charge in [0.25, 0.3) is 0 Å². The standard InChI is InChI=1S/C28H30ClN3O4/c1-36-26-14-12-19(15-21(26)27(33)34)20-11-13-24(30-17-18-7-3-2-4-8-18)25(16-20)32-28(35)31-23-10-6-5-9-22(23)29/h5-6,9-16,18,30H,2-4,7-8,17H2,1H3,(H,33,34)(H2,31,32,35). The van der Waals surface area contributed by atoms with Crippen molar-refractivity contribution in [1.82, 2.24) is 0 Å². The molecule has 0 radical (unpaired) electrons. The zero-order valence-corrected chi connectivity index (χ0v) is 20.9. The lowest BCUT2D eigenvalue weighted by molar-refractivity contribution is 0.0693. The molecule has 0 saturated heterocycles. The molecule has 0 spiro atoms. The van der Waals surface area contributed by atoms with E-state index in [2.05, 4.69) is 16.0 Å². The minimum Gasteiger partial charge on any atom is -0.496 e. The van der Waals surface area contributed by atoms with Crippen molar-refractivity contribution in [2.45, 2.75) is 32.1 Å². The number of nitrogens with one attached hydrogen (secondary N) is 3. The first kappa shape index (κ1) is 25.4. The van der Waals surface area contributed by atoms with Crippen LogP contribution in [-0.4, -0.2) is 30.8 Å². The number of para-hydroxylation sites is 1. The van der Waals surface area contributed by atoms with Gasteiger partial charge in [-0.05, 0) is 66.3 Å². The first-order valence-corrected chi connectivity index (χ1v) is 12.4. The summed E-state index contributed by atoms with van der Waals surface area (Å²) < 4.78 is 5.18. The van der Waals surface area contributed by atoms with E-state index >= 15 is 0 Å². The summed E-state index contributed by atoms with van der Waals surface area (Å²) >= 11 is 6.20. The number of ether oxygens (including phenoxy) is 1. The molecular weight excluding hydrogens is 478 g/mol. The number of carbonyl (C=O) groups is 2. The summed E-state index contributed by atoms with van der Waals surface area (Å²) in [5, 5.41) is 19.2. The monoisotopic (exact) mass is 507 g/mol. The number of amides is 2. The van der Waals surface area contributed by atoms with Crippen molar-refractivity contribution in [3.8, 4) is 16.9 Å². The quantitative estimate of drug-likeness (QED) is 0.255. The van der Waals surface area contributed by atoms with Crippen LogP contribution in [0.5, 0.6) is 5.75 Å². The van der Waals surface area contributed by atoms with E-state index in [0.29, 0.717) is 27.9 Å². The number of rotatable bonds is 8. The number of hydrogen-bond acceptors (Lipinski definition) is 4. The number of halogens is 1. The lowest BCUT2D eigenvalue weighted by Crippen LogP contribution is -2.22. The van der Waals surface area contributed by atoms with Gasteiger partial charge in [-0.2, -0.15) is 0 Å².